The molecule has 1 N–H and O–H groups in total. The van der Waals surface area contributed by atoms with E-state index in [1.165, 1.54) is 0 Å². The molecule has 0 bridgehead atoms. The van der Waals surface area contributed by atoms with Crippen molar-refractivity contribution < 1.29 is 14.6 Å². The minimum atomic E-state index is -0.881. The first-order valence-corrected chi connectivity index (χ1v) is 6.08. The fourth-order valence-corrected chi connectivity index (χ4v) is 2.02. The highest BCUT2D eigenvalue weighted by molar-refractivity contribution is 5.69. The molecule has 1 unspecified atom stereocenters. The van der Waals surface area contributed by atoms with Gasteiger partial charge in [0.2, 0.25) is 0 Å². The van der Waals surface area contributed by atoms with Crippen LogP contribution in [0.5, 0.6) is 0 Å². The fourth-order valence-electron chi connectivity index (χ4n) is 2.02. The molecule has 0 radical (unpaired) electrons. The molecule has 1 aromatic rings. The predicted octanol–water partition coefficient (Wildman–Crippen LogP) is 1.31. The van der Waals surface area contributed by atoms with Gasteiger partial charge in [-0.2, -0.15) is 0 Å². The van der Waals surface area contributed by atoms with Gasteiger partial charge in [-0.05, 0) is 11.8 Å². The maximum absolute atomic E-state index is 10.8. The normalized spacial score (nSPS) is 12.9. The van der Waals surface area contributed by atoms with Crippen LogP contribution in [0.1, 0.15) is 38.1 Å². The summed E-state index contributed by atoms with van der Waals surface area (Å²) in [7, 11) is 1.66. The number of hydrogen-bond donors (Lipinski definition) is 1. The molecule has 0 spiro atoms. The molecule has 0 amide bonds. The number of methoxy groups -OCH3 is 1. The molecular formula is C12H21N3O3. The average Bonchev–Trinajstić information content (AvgIpc) is 2.60. The van der Waals surface area contributed by atoms with Gasteiger partial charge in [0, 0.05) is 13.7 Å². The lowest BCUT2D eigenvalue weighted by Gasteiger charge is -2.14. The predicted molar refractivity (Wildman–Crippen MR) is 66.5 cm³/mol. The summed E-state index contributed by atoms with van der Waals surface area (Å²) < 4.78 is 6.89. The number of carbonyl (C=O) groups is 1. The first-order valence-electron chi connectivity index (χ1n) is 6.08. The van der Waals surface area contributed by atoms with Crippen molar-refractivity contribution in [3.05, 3.63) is 11.4 Å². The van der Waals surface area contributed by atoms with Gasteiger partial charge in [-0.3, -0.25) is 4.79 Å². The Morgan fingerprint density at radius 2 is 2.11 bits per heavy atom. The first kappa shape index (κ1) is 14.6. The van der Waals surface area contributed by atoms with Crippen LogP contribution in [0, 0.1) is 5.92 Å². The van der Waals surface area contributed by atoms with Crippen LogP contribution in [0.25, 0.3) is 0 Å². The molecule has 0 fully saturated rings. The number of hydrogen-bond acceptors (Lipinski definition) is 4. The van der Waals surface area contributed by atoms with E-state index < -0.39 is 5.97 Å². The number of nitrogens with zero attached hydrogens (tertiary/aromatic N) is 3. The highest BCUT2D eigenvalue weighted by Crippen LogP contribution is 2.19. The average molecular weight is 255 g/mol. The zero-order chi connectivity index (χ0) is 13.7. The van der Waals surface area contributed by atoms with Gasteiger partial charge in [0.05, 0.1) is 24.4 Å². The maximum atomic E-state index is 10.8. The van der Waals surface area contributed by atoms with E-state index in [4.69, 9.17) is 9.84 Å². The van der Waals surface area contributed by atoms with Gasteiger partial charge >= 0.3 is 5.97 Å². The van der Waals surface area contributed by atoms with Crippen molar-refractivity contribution >= 4 is 5.97 Å². The molecule has 6 heteroatoms. The van der Waals surface area contributed by atoms with Crippen LogP contribution in [0.15, 0.2) is 0 Å². The van der Waals surface area contributed by atoms with Crippen LogP contribution in [0.4, 0.5) is 0 Å². The quantitative estimate of drug-likeness (QED) is 0.795. The topological polar surface area (TPSA) is 77.2 Å². The largest absolute Gasteiger partial charge is 0.481 e. The molecule has 1 aromatic heterocycles. The molecule has 1 atom stereocenters. The fraction of sp³-hybridized carbons (Fsp3) is 0.750. The third kappa shape index (κ3) is 3.80. The minimum Gasteiger partial charge on any atom is -0.481 e. The minimum absolute atomic E-state index is 0.0772. The van der Waals surface area contributed by atoms with Crippen LogP contribution in [-0.2, 0) is 22.5 Å². The third-order valence-corrected chi connectivity index (χ3v) is 2.65. The number of ether oxygens (including phenoxy) is 1. The van der Waals surface area contributed by atoms with Crippen molar-refractivity contribution in [1.29, 1.82) is 0 Å². The van der Waals surface area contributed by atoms with E-state index in [2.05, 4.69) is 17.2 Å². The van der Waals surface area contributed by atoms with Crippen molar-refractivity contribution in [2.45, 2.75) is 39.7 Å². The highest BCUT2D eigenvalue weighted by atomic mass is 16.5. The van der Waals surface area contributed by atoms with E-state index in [0.717, 1.165) is 5.69 Å². The van der Waals surface area contributed by atoms with E-state index in [1.807, 2.05) is 13.8 Å². The standard InChI is InChI=1S/C12H21N3O3/c1-8(2)12-10(5-11(16)17)13-14-15(12)6-9(3)7-18-4/h8-9H,5-7H2,1-4H3,(H,16,17). The third-order valence-electron chi connectivity index (χ3n) is 2.65. The molecule has 0 aliphatic rings. The summed E-state index contributed by atoms with van der Waals surface area (Å²) in [4.78, 5) is 10.8. The van der Waals surface area contributed by atoms with Crippen molar-refractivity contribution in [1.82, 2.24) is 15.0 Å². The van der Waals surface area contributed by atoms with Gasteiger partial charge in [-0.25, -0.2) is 4.68 Å². The summed E-state index contributed by atoms with van der Waals surface area (Å²) >= 11 is 0. The van der Waals surface area contributed by atoms with Crippen LogP contribution in [0.2, 0.25) is 0 Å². The lowest BCUT2D eigenvalue weighted by molar-refractivity contribution is -0.136. The summed E-state index contributed by atoms with van der Waals surface area (Å²) in [5.74, 6) is -0.370. The summed E-state index contributed by atoms with van der Waals surface area (Å²) in [5.41, 5.74) is 1.46. The van der Waals surface area contributed by atoms with Gasteiger partial charge < -0.3 is 9.84 Å². The smallest absolute Gasteiger partial charge is 0.309 e. The van der Waals surface area contributed by atoms with Gasteiger partial charge in [0.1, 0.15) is 0 Å². The molecule has 1 rings (SSSR count). The molecule has 1 heterocycles. The molecule has 0 aromatic carbocycles. The molecule has 0 saturated carbocycles. The van der Waals surface area contributed by atoms with E-state index in [0.29, 0.717) is 24.8 Å². The molecule has 6 nitrogen and oxygen atoms in total. The maximum Gasteiger partial charge on any atom is 0.309 e. The molecule has 18 heavy (non-hydrogen) atoms. The Kier molecular flexibility index (Phi) is 5.27. The second-order valence-electron chi connectivity index (χ2n) is 4.89. The van der Waals surface area contributed by atoms with Crippen molar-refractivity contribution in [2.24, 2.45) is 5.92 Å². The van der Waals surface area contributed by atoms with E-state index in [1.54, 1.807) is 11.8 Å². The second kappa shape index (κ2) is 6.49. The number of aliphatic carboxylic acids is 1. The zero-order valence-electron chi connectivity index (χ0n) is 11.4. The SMILES string of the molecule is COCC(C)Cn1nnc(CC(=O)O)c1C(C)C. The Labute approximate surface area is 107 Å². The lowest BCUT2D eigenvalue weighted by atomic mass is 10.1. The molecular weight excluding hydrogens is 234 g/mol. The van der Waals surface area contributed by atoms with Crippen molar-refractivity contribution in [3.63, 3.8) is 0 Å². The van der Waals surface area contributed by atoms with Crippen LogP contribution < -0.4 is 0 Å². The summed E-state index contributed by atoms with van der Waals surface area (Å²) in [6.45, 7) is 7.43. The molecule has 102 valence electrons. The molecule has 0 aliphatic carbocycles. The van der Waals surface area contributed by atoms with Crippen molar-refractivity contribution in [3.8, 4) is 0 Å². The molecule has 0 saturated heterocycles. The van der Waals surface area contributed by atoms with Crippen LogP contribution >= 0.6 is 0 Å². The number of rotatable bonds is 7. The summed E-state index contributed by atoms with van der Waals surface area (Å²) in [5, 5.41) is 16.9. The Hall–Kier alpha value is -1.43. The van der Waals surface area contributed by atoms with Crippen LogP contribution in [0.3, 0.4) is 0 Å². The van der Waals surface area contributed by atoms with E-state index in [-0.39, 0.29) is 12.3 Å². The second-order valence-corrected chi connectivity index (χ2v) is 4.89. The monoisotopic (exact) mass is 255 g/mol. The van der Waals surface area contributed by atoms with E-state index in [9.17, 15) is 4.79 Å². The van der Waals surface area contributed by atoms with E-state index >= 15 is 0 Å². The Bertz CT molecular complexity index is 401. The van der Waals surface area contributed by atoms with Crippen LogP contribution in [-0.4, -0.2) is 39.8 Å². The Morgan fingerprint density at radius 1 is 1.44 bits per heavy atom. The van der Waals surface area contributed by atoms with Gasteiger partial charge in [0.25, 0.3) is 0 Å². The zero-order valence-corrected chi connectivity index (χ0v) is 11.4. The van der Waals surface area contributed by atoms with Crippen molar-refractivity contribution in [2.75, 3.05) is 13.7 Å². The summed E-state index contributed by atoms with van der Waals surface area (Å²) in [6, 6.07) is 0. The number of aromatic nitrogens is 3. The van der Waals surface area contributed by atoms with Gasteiger partial charge in [-0.1, -0.05) is 26.0 Å². The Morgan fingerprint density at radius 3 is 2.61 bits per heavy atom. The highest BCUT2D eigenvalue weighted by Gasteiger charge is 2.19. The lowest BCUT2D eigenvalue weighted by Crippen LogP contribution is -2.17. The summed E-state index contributed by atoms with van der Waals surface area (Å²) in [6.07, 6.45) is -0.0772. The van der Waals surface area contributed by atoms with Gasteiger partial charge in [0.15, 0.2) is 0 Å². The Balaban J connectivity index is 2.91. The number of carboxylic acid groups (broad SMARTS) is 1. The molecule has 0 aliphatic heterocycles. The first-order chi connectivity index (χ1) is 8.45. The van der Waals surface area contributed by atoms with Gasteiger partial charge in [-0.15, -0.1) is 5.10 Å². The number of carboxylic acids is 1.